The number of H-pyrrole nitrogens is 1. The topological polar surface area (TPSA) is 194 Å². The Morgan fingerprint density at radius 2 is 1.98 bits per heavy atom. The maximum atomic E-state index is 13.4. The lowest BCUT2D eigenvalue weighted by molar-refractivity contribution is -0.117. The number of hydrogen-bond acceptors (Lipinski definition) is 10. The van der Waals surface area contributed by atoms with Crippen molar-refractivity contribution in [3.05, 3.63) is 87.6 Å². The lowest BCUT2D eigenvalue weighted by Gasteiger charge is -2.33. The number of anilines is 1. The number of ether oxygens (including phenoxy) is 1. The smallest absolute Gasteiger partial charge is 0.411 e. The van der Waals surface area contributed by atoms with Gasteiger partial charge in [0.1, 0.15) is 6.33 Å². The van der Waals surface area contributed by atoms with Crippen molar-refractivity contribution in [1.82, 2.24) is 40.0 Å². The molecule has 2 aromatic heterocycles. The van der Waals surface area contributed by atoms with Crippen molar-refractivity contribution >= 4 is 45.4 Å². The van der Waals surface area contributed by atoms with Gasteiger partial charge in [0.15, 0.2) is 0 Å². The molecule has 246 valence electrons. The van der Waals surface area contributed by atoms with Gasteiger partial charge in [-0.1, -0.05) is 23.7 Å². The second-order valence-corrected chi connectivity index (χ2v) is 13.4. The van der Waals surface area contributed by atoms with Crippen molar-refractivity contribution in [3.63, 3.8) is 0 Å². The van der Waals surface area contributed by atoms with Crippen molar-refractivity contribution in [2.45, 2.75) is 25.3 Å². The Hall–Kier alpha value is -4.93. The van der Waals surface area contributed by atoms with Crippen LogP contribution in [0.2, 0.25) is 5.02 Å². The number of rotatable bonds is 10. The highest BCUT2D eigenvalue weighted by molar-refractivity contribution is 7.88. The highest BCUT2D eigenvalue weighted by atomic mass is 35.5. The van der Waals surface area contributed by atoms with Crippen LogP contribution in [0.5, 0.6) is 0 Å². The molecule has 2 unspecified atom stereocenters. The lowest BCUT2D eigenvalue weighted by atomic mass is 9.90. The molecule has 5 rings (SSSR count). The van der Waals surface area contributed by atoms with Crippen LogP contribution in [-0.2, 0) is 19.6 Å². The fraction of sp³-hybridized carbons (Fsp3) is 0.300. The standard InChI is InChI=1S/C30H32ClN9O6S/c1-46-30(43)33-23-9-5-20(6-10-23)24-16-26(35-36-29(24)42)25(14-19-4-3-13-39(17-19)47(2,44)45)34-28(41)12-7-21-15-22(31)8-11-27(21)40-18-32-37-38-40/h5-12,15-16,18-19,25H,3-4,13-14,17H2,1-2H3,(H,33,43)(H,34,41)(H,36,42)/b12-7+. The highest BCUT2D eigenvalue weighted by Gasteiger charge is 2.29. The summed E-state index contributed by atoms with van der Waals surface area (Å²) in [6, 6.07) is 12.5. The fourth-order valence-electron chi connectivity index (χ4n) is 5.35. The molecule has 0 aliphatic carbocycles. The van der Waals surface area contributed by atoms with E-state index >= 15 is 0 Å². The van der Waals surface area contributed by atoms with Gasteiger partial charge in [-0.2, -0.15) is 9.78 Å². The number of methoxy groups -OCH3 is 1. The van der Waals surface area contributed by atoms with E-state index < -0.39 is 33.6 Å². The Balaban J connectivity index is 1.43. The minimum atomic E-state index is -3.40. The number of hydrogen-bond donors (Lipinski definition) is 3. The average molecular weight is 682 g/mol. The number of nitrogens with one attached hydrogen (secondary N) is 3. The maximum Gasteiger partial charge on any atom is 0.411 e. The SMILES string of the molecule is COC(=O)Nc1ccc(-c2cc(C(CC3CCCN(S(C)(=O)=O)C3)NC(=O)/C=C/c3cc(Cl)ccc3-n3cnnn3)n[nH]c2=O)cc1. The van der Waals surface area contributed by atoms with Gasteiger partial charge in [0.05, 0.1) is 36.4 Å². The minimum absolute atomic E-state index is 0.0899. The summed E-state index contributed by atoms with van der Waals surface area (Å²) in [5, 5.41) is 24.0. The predicted molar refractivity (Wildman–Crippen MR) is 174 cm³/mol. The summed E-state index contributed by atoms with van der Waals surface area (Å²) in [5.74, 6) is -0.547. The van der Waals surface area contributed by atoms with Crippen LogP contribution in [0.4, 0.5) is 10.5 Å². The zero-order valence-corrected chi connectivity index (χ0v) is 27.0. The number of halogens is 1. The van der Waals surface area contributed by atoms with Gasteiger partial charge in [0.25, 0.3) is 5.56 Å². The molecule has 2 amide bonds. The first-order valence-corrected chi connectivity index (χ1v) is 16.7. The Labute approximate surface area is 275 Å². The molecule has 1 aliphatic heterocycles. The number of benzene rings is 2. The quantitative estimate of drug-likeness (QED) is 0.209. The molecule has 0 bridgehead atoms. The van der Waals surface area contributed by atoms with Crippen molar-refractivity contribution in [2.75, 3.05) is 31.8 Å². The van der Waals surface area contributed by atoms with Gasteiger partial charge in [-0.3, -0.25) is 14.9 Å². The molecule has 47 heavy (non-hydrogen) atoms. The molecule has 4 aromatic rings. The van der Waals surface area contributed by atoms with E-state index in [1.807, 2.05) is 0 Å². The van der Waals surface area contributed by atoms with E-state index in [-0.39, 0.29) is 5.92 Å². The summed E-state index contributed by atoms with van der Waals surface area (Å²) in [6.45, 7) is 0.726. The minimum Gasteiger partial charge on any atom is -0.453 e. The number of carbonyl (C=O) groups excluding carboxylic acids is 2. The predicted octanol–water partition coefficient (Wildman–Crippen LogP) is 3.18. The van der Waals surface area contributed by atoms with Crippen molar-refractivity contribution in [3.8, 4) is 16.8 Å². The van der Waals surface area contributed by atoms with Gasteiger partial charge in [-0.05, 0) is 83.6 Å². The van der Waals surface area contributed by atoms with E-state index in [0.29, 0.717) is 64.7 Å². The van der Waals surface area contributed by atoms with Crippen LogP contribution in [0.15, 0.2) is 65.7 Å². The number of carbonyl (C=O) groups is 2. The molecular weight excluding hydrogens is 650 g/mol. The van der Waals surface area contributed by atoms with Crippen LogP contribution in [0.25, 0.3) is 22.9 Å². The molecule has 0 saturated carbocycles. The Bertz CT molecular complexity index is 1930. The van der Waals surface area contributed by atoms with Crippen LogP contribution >= 0.6 is 11.6 Å². The second kappa shape index (κ2) is 14.7. The largest absolute Gasteiger partial charge is 0.453 e. The van der Waals surface area contributed by atoms with E-state index in [2.05, 4.69) is 41.1 Å². The number of piperidine rings is 1. The van der Waals surface area contributed by atoms with Crippen LogP contribution < -0.4 is 16.2 Å². The van der Waals surface area contributed by atoms with Crippen molar-refractivity contribution < 1.29 is 22.7 Å². The number of sulfonamides is 1. The normalized spacial score (nSPS) is 16.1. The number of nitrogens with zero attached hydrogens (tertiary/aromatic N) is 6. The first-order valence-electron chi connectivity index (χ1n) is 14.5. The maximum absolute atomic E-state index is 13.4. The summed E-state index contributed by atoms with van der Waals surface area (Å²) in [7, 11) is -2.14. The van der Waals surface area contributed by atoms with Crippen molar-refractivity contribution in [2.24, 2.45) is 5.92 Å². The van der Waals surface area contributed by atoms with E-state index in [1.54, 1.807) is 54.6 Å². The summed E-state index contributed by atoms with van der Waals surface area (Å²) in [5.41, 5.74) is 2.42. The average Bonchev–Trinajstić information content (AvgIpc) is 3.59. The Morgan fingerprint density at radius 1 is 1.19 bits per heavy atom. The molecule has 1 aliphatic rings. The third-order valence-corrected chi connectivity index (χ3v) is 9.15. The lowest BCUT2D eigenvalue weighted by Crippen LogP contribution is -2.41. The first-order chi connectivity index (χ1) is 22.5. The highest BCUT2D eigenvalue weighted by Crippen LogP contribution is 2.29. The Morgan fingerprint density at radius 3 is 2.68 bits per heavy atom. The molecule has 15 nitrogen and oxygen atoms in total. The van der Waals surface area contributed by atoms with Crippen LogP contribution in [0, 0.1) is 5.92 Å². The first kappa shape index (κ1) is 33.4. The summed E-state index contributed by atoms with van der Waals surface area (Å²) < 4.78 is 32.1. The number of aromatic nitrogens is 6. The molecule has 0 spiro atoms. The molecule has 17 heteroatoms. The Kier molecular flexibility index (Phi) is 10.4. The fourth-order valence-corrected chi connectivity index (χ4v) is 6.47. The zero-order chi connectivity index (χ0) is 33.6. The zero-order valence-electron chi connectivity index (χ0n) is 25.5. The van der Waals surface area contributed by atoms with Gasteiger partial charge in [0, 0.05) is 35.4 Å². The van der Waals surface area contributed by atoms with Crippen LogP contribution in [0.3, 0.4) is 0 Å². The summed E-state index contributed by atoms with van der Waals surface area (Å²) in [4.78, 5) is 37.8. The third-order valence-electron chi connectivity index (χ3n) is 7.64. The van der Waals surface area contributed by atoms with E-state index in [4.69, 9.17) is 11.6 Å². The second-order valence-electron chi connectivity index (χ2n) is 10.9. The van der Waals surface area contributed by atoms with Gasteiger partial charge >= 0.3 is 6.09 Å². The molecule has 1 fully saturated rings. The molecule has 2 atom stereocenters. The van der Waals surface area contributed by atoms with E-state index in [0.717, 1.165) is 6.42 Å². The summed E-state index contributed by atoms with van der Waals surface area (Å²) >= 11 is 6.22. The number of aromatic amines is 1. The molecule has 3 heterocycles. The van der Waals surface area contributed by atoms with Gasteiger partial charge in [0.2, 0.25) is 15.9 Å². The molecule has 3 N–H and O–H groups in total. The van der Waals surface area contributed by atoms with Crippen LogP contribution in [0.1, 0.15) is 36.6 Å². The number of tetrazole rings is 1. The van der Waals surface area contributed by atoms with E-state index in [1.165, 1.54) is 34.8 Å². The monoisotopic (exact) mass is 681 g/mol. The number of amides is 2. The third kappa shape index (κ3) is 8.66. The molecule has 0 radical (unpaired) electrons. The van der Waals surface area contributed by atoms with Gasteiger partial charge in [-0.15, -0.1) is 5.10 Å². The summed E-state index contributed by atoms with van der Waals surface area (Å²) in [6.07, 6.45) is 6.67. The van der Waals surface area contributed by atoms with E-state index in [9.17, 15) is 22.8 Å². The van der Waals surface area contributed by atoms with Crippen molar-refractivity contribution in [1.29, 1.82) is 0 Å². The molecule has 1 saturated heterocycles. The molecular formula is C30H32ClN9O6S. The molecule has 2 aromatic carbocycles. The van der Waals surface area contributed by atoms with Gasteiger partial charge < -0.3 is 10.1 Å². The van der Waals surface area contributed by atoms with Gasteiger partial charge in [-0.25, -0.2) is 22.6 Å². The van der Waals surface area contributed by atoms with Crippen LogP contribution in [-0.4, -0.2) is 81.6 Å².